The van der Waals surface area contributed by atoms with Crippen LogP contribution >= 0.6 is 11.6 Å². The average molecular weight is 290 g/mol. The maximum Gasteiger partial charge on any atom is 0.309 e. The van der Waals surface area contributed by atoms with Crippen molar-refractivity contribution in [2.75, 3.05) is 5.32 Å². The molecule has 2 N–H and O–H groups in total. The van der Waals surface area contributed by atoms with Gasteiger partial charge >= 0.3 is 5.97 Å². The van der Waals surface area contributed by atoms with Gasteiger partial charge in [-0.1, -0.05) is 23.8 Å². The molecule has 4 atom stereocenters. The minimum absolute atomic E-state index is 0.0674. The second kappa shape index (κ2) is 4.80. The monoisotopic (exact) mass is 289 g/mol. The maximum atomic E-state index is 11.4. The van der Waals surface area contributed by atoms with Gasteiger partial charge in [-0.05, 0) is 24.3 Å². The largest absolute Gasteiger partial charge is 0.481 e. The highest BCUT2D eigenvalue weighted by molar-refractivity contribution is 6.29. The van der Waals surface area contributed by atoms with Gasteiger partial charge in [-0.15, -0.1) is 0 Å². The first-order valence-electron chi connectivity index (χ1n) is 6.33. The third-order valence-corrected chi connectivity index (χ3v) is 4.26. The smallest absolute Gasteiger partial charge is 0.309 e. The van der Waals surface area contributed by atoms with E-state index in [4.69, 9.17) is 16.9 Å². The molecule has 0 unspecified atom stereocenters. The van der Waals surface area contributed by atoms with Crippen molar-refractivity contribution in [1.82, 2.24) is 4.98 Å². The fraction of sp³-hybridized carbons (Fsp3) is 0.357. The van der Waals surface area contributed by atoms with E-state index in [1.165, 1.54) is 6.20 Å². The Balaban J connectivity index is 1.91. The maximum absolute atomic E-state index is 11.4. The number of allylic oxidation sites excluding steroid dienone is 1. The van der Waals surface area contributed by atoms with Gasteiger partial charge in [0.1, 0.15) is 11.2 Å². The van der Waals surface area contributed by atoms with Gasteiger partial charge < -0.3 is 10.4 Å². The van der Waals surface area contributed by atoms with E-state index in [1.807, 2.05) is 12.1 Å². The number of carboxylic acid groups (broad SMARTS) is 1. The van der Waals surface area contributed by atoms with E-state index >= 15 is 0 Å². The number of nitrogens with one attached hydrogen (secondary N) is 1. The Labute approximate surface area is 120 Å². The van der Waals surface area contributed by atoms with Gasteiger partial charge in [0.15, 0.2) is 0 Å². The van der Waals surface area contributed by atoms with E-state index < -0.39 is 11.9 Å². The lowest BCUT2D eigenvalue weighted by atomic mass is 9.88. The number of nitrogens with zero attached hydrogens (tertiary/aromatic N) is 2. The van der Waals surface area contributed by atoms with Crippen LogP contribution in [0.3, 0.4) is 0 Å². The summed E-state index contributed by atoms with van der Waals surface area (Å²) in [6, 6.07) is 3.39. The molecule has 0 aliphatic heterocycles. The Bertz CT molecular complexity index is 638. The summed E-state index contributed by atoms with van der Waals surface area (Å²) in [5, 5.41) is 21.9. The molecule has 0 radical (unpaired) electrons. The number of hydrogen-bond donors (Lipinski definition) is 2. The van der Waals surface area contributed by atoms with Crippen molar-refractivity contribution in [2.24, 2.45) is 17.8 Å². The number of carboxylic acids is 1. The average Bonchev–Trinajstić information content (AvgIpc) is 2.99. The molecule has 0 amide bonds. The van der Waals surface area contributed by atoms with Crippen molar-refractivity contribution in [2.45, 2.75) is 12.5 Å². The molecule has 1 heterocycles. The molecule has 20 heavy (non-hydrogen) atoms. The Hall–Kier alpha value is -2.06. The molecule has 6 heteroatoms. The molecule has 1 aromatic heterocycles. The van der Waals surface area contributed by atoms with Crippen molar-refractivity contribution in [3.63, 3.8) is 0 Å². The number of nitriles is 1. The van der Waals surface area contributed by atoms with Gasteiger partial charge in [0.2, 0.25) is 0 Å². The lowest BCUT2D eigenvalue weighted by Crippen LogP contribution is -2.37. The molecule has 2 bridgehead atoms. The van der Waals surface area contributed by atoms with E-state index in [1.54, 1.807) is 6.07 Å². The number of aliphatic carboxylic acids is 1. The highest BCUT2D eigenvalue weighted by atomic mass is 35.5. The summed E-state index contributed by atoms with van der Waals surface area (Å²) >= 11 is 5.85. The molecule has 2 aliphatic rings. The summed E-state index contributed by atoms with van der Waals surface area (Å²) in [6.45, 7) is 0. The summed E-state index contributed by atoms with van der Waals surface area (Å²) in [5.41, 5.74) is 0.912. The van der Waals surface area contributed by atoms with Gasteiger partial charge in [-0.3, -0.25) is 4.79 Å². The first-order valence-corrected chi connectivity index (χ1v) is 6.71. The third kappa shape index (κ3) is 2.02. The van der Waals surface area contributed by atoms with E-state index in [0.717, 1.165) is 6.42 Å². The topological polar surface area (TPSA) is 86.0 Å². The minimum Gasteiger partial charge on any atom is -0.481 e. The molecule has 0 saturated heterocycles. The number of aromatic nitrogens is 1. The van der Waals surface area contributed by atoms with E-state index in [9.17, 15) is 9.90 Å². The molecule has 1 aromatic rings. The molecular formula is C14H12ClN3O2. The van der Waals surface area contributed by atoms with Gasteiger partial charge in [0.25, 0.3) is 0 Å². The number of pyridine rings is 1. The van der Waals surface area contributed by atoms with Crippen LogP contribution in [-0.2, 0) is 4.79 Å². The van der Waals surface area contributed by atoms with E-state index in [2.05, 4.69) is 16.4 Å². The predicted molar refractivity (Wildman–Crippen MR) is 73.2 cm³/mol. The SMILES string of the molecule is N#Cc1cnc(Cl)cc1N[C@H]1[C@@H](C(=O)O)[C@@H]2C=C[C@H]1C2. The quantitative estimate of drug-likeness (QED) is 0.658. The molecule has 5 nitrogen and oxygen atoms in total. The van der Waals surface area contributed by atoms with Crippen LogP contribution in [0.25, 0.3) is 0 Å². The number of carbonyl (C=O) groups is 1. The third-order valence-electron chi connectivity index (χ3n) is 4.06. The highest BCUT2D eigenvalue weighted by Gasteiger charge is 2.48. The Kier molecular flexibility index (Phi) is 3.11. The summed E-state index contributed by atoms with van der Waals surface area (Å²) < 4.78 is 0. The fourth-order valence-corrected chi connectivity index (χ4v) is 3.33. The van der Waals surface area contributed by atoms with Crippen LogP contribution in [0.2, 0.25) is 5.15 Å². The molecule has 102 valence electrons. The molecule has 2 aliphatic carbocycles. The van der Waals surface area contributed by atoms with E-state index in [-0.39, 0.29) is 23.0 Å². The number of rotatable bonds is 3. The minimum atomic E-state index is -0.807. The van der Waals surface area contributed by atoms with Gasteiger partial charge in [0.05, 0.1) is 17.2 Å². The normalized spacial score (nSPS) is 30.2. The van der Waals surface area contributed by atoms with Crippen LogP contribution in [0.4, 0.5) is 5.69 Å². The number of anilines is 1. The van der Waals surface area contributed by atoms with Crippen molar-refractivity contribution in [3.05, 3.63) is 35.1 Å². The van der Waals surface area contributed by atoms with Crippen molar-refractivity contribution in [1.29, 1.82) is 5.26 Å². The van der Waals surface area contributed by atoms with Crippen LogP contribution in [-0.4, -0.2) is 22.1 Å². The van der Waals surface area contributed by atoms with Crippen molar-refractivity contribution in [3.8, 4) is 6.07 Å². The zero-order valence-corrected chi connectivity index (χ0v) is 11.2. The van der Waals surface area contributed by atoms with Crippen LogP contribution in [0, 0.1) is 29.1 Å². The lowest BCUT2D eigenvalue weighted by molar-refractivity contribution is -0.142. The number of halogens is 1. The molecule has 1 fully saturated rings. The molecular weight excluding hydrogens is 278 g/mol. The summed E-state index contributed by atoms with van der Waals surface area (Å²) in [4.78, 5) is 15.3. The first kappa shape index (κ1) is 12.9. The fourth-order valence-electron chi connectivity index (χ4n) is 3.17. The summed E-state index contributed by atoms with van der Waals surface area (Å²) in [6.07, 6.45) is 6.27. The predicted octanol–water partition coefficient (Wildman–Crippen LogP) is 2.29. The zero-order valence-electron chi connectivity index (χ0n) is 10.5. The van der Waals surface area contributed by atoms with Crippen LogP contribution in [0.5, 0.6) is 0 Å². The van der Waals surface area contributed by atoms with Crippen molar-refractivity contribution < 1.29 is 9.90 Å². The highest BCUT2D eigenvalue weighted by Crippen LogP contribution is 2.45. The second-order valence-corrected chi connectivity index (χ2v) is 5.53. The first-order chi connectivity index (χ1) is 9.60. The Morgan fingerprint density at radius 3 is 2.95 bits per heavy atom. The molecule has 0 aromatic carbocycles. The van der Waals surface area contributed by atoms with Crippen molar-refractivity contribution >= 4 is 23.3 Å². The number of hydrogen-bond acceptors (Lipinski definition) is 4. The molecule has 3 rings (SSSR count). The van der Waals surface area contributed by atoms with Crippen LogP contribution in [0.1, 0.15) is 12.0 Å². The van der Waals surface area contributed by atoms with Crippen LogP contribution in [0.15, 0.2) is 24.4 Å². The van der Waals surface area contributed by atoms with Gasteiger partial charge in [-0.2, -0.15) is 5.26 Å². The van der Waals surface area contributed by atoms with Gasteiger partial charge in [0, 0.05) is 12.2 Å². The summed E-state index contributed by atoms with van der Waals surface area (Å²) in [5.74, 6) is -1.03. The van der Waals surface area contributed by atoms with Gasteiger partial charge in [-0.25, -0.2) is 4.98 Å². The standard InChI is InChI=1S/C14H12ClN3O2/c15-11-4-10(9(5-16)6-17-11)18-13-8-2-1-7(3-8)12(13)14(19)20/h1-2,4,6-8,12-13H,3H2,(H,17,18)(H,19,20)/t7-,8+,12+,13-/m1/s1. The number of fused-ring (bicyclic) bond motifs is 2. The van der Waals surface area contributed by atoms with Crippen LogP contribution < -0.4 is 5.32 Å². The molecule has 1 saturated carbocycles. The Morgan fingerprint density at radius 1 is 1.50 bits per heavy atom. The second-order valence-electron chi connectivity index (χ2n) is 5.15. The lowest BCUT2D eigenvalue weighted by Gasteiger charge is -2.27. The van der Waals surface area contributed by atoms with E-state index in [0.29, 0.717) is 11.3 Å². The molecule has 0 spiro atoms. The Morgan fingerprint density at radius 2 is 2.25 bits per heavy atom. The summed E-state index contributed by atoms with van der Waals surface area (Å²) in [7, 11) is 0. The zero-order chi connectivity index (χ0) is 14.3.